The molecule has 24 heavy (non-hydrogen) atoms. The molecule has 2 atom stereocenters. The van der Waals surface area contributed by atoms with Gasteiger partial charge >= 0.3 is 0 Å². The summed E-state index contributed by atoms with van der Waals surface area (Å²) < 4.78 is 12.1. The highest BCUT2D eigenvalue weighted by Crippen LogP contribution is 2.34. The number of carbonyl (C=O) groups excluding carboxylic acids is 1. The van der Waals surface area contributed by atoms with Gasteiger partial charge < -0.3 is 9.15 Å². The molecule has 0 spiro atoms. The highest BCUT2D eigenvalue weighted by atomic mass is 79.9. The van der Waals surface area contributed by atoms with E-state index in [0.717, 1.165) is 34.3 Å². The molecule has 1 saturated heterocycles. The van der Waals surface area contributed by atoms with Crippen molar-refractivity contribution in [1.29, 1.82) is 0 Å². The second-order valence-electron chi connectivity index (χ2n) is 5.97. The Kier molecular flexibility index (Phi) is 4.24. The Hall–Kier alpha value is -1.92. The van der Waals surface area contributed by atoms with E-state index in [2.05, 4.69) is 21.0 Å². The molecule has 0 saturated carbocycles. The number of ether oxygens (including phenoxy) is 1. The van der Waals surface area contributed by atoms with Gasteiger partial charge in [0, 0.05) is 17.5 Å². The average Bonchev–Trinajstić information content (AvgIpc) is 3.34. The first-order chi connectivity index (χ1) is 11.7. The van der Waals surface area contributed by atoms with Crippen molar-refractivity contribution in [3.63, 3.8) is 0 Å². The molecule has 5 nitrogen and oxygen atoms in total. The van der Waals surface area contributed by atoms with Crippen molar-refractivity contribution in [3.8, 4) is 0 Å². The molecule has 0 radical (unpaired) electrons. The number of rotatable bonds is 3. The predicted molar refractivity (Wildman–Crippen MR) is 92.6 cm³/mol. The smallest absolute Gasteiger partial charge is 0.272 e. The van der Waals surface area contributed by atoms with Crippen LogP contribution in [0.1, 0.15) is 36.6 Å². The highest BCUT2D eigenvalue weighted by Gasteiger charge is 2.39. The van der Waals surface area contributed by atoms with Gasteiger partial charge in [-0.2, -0.15) is 5.10 Å². The van der Waals surface area contributed by atoms with Gasteiger partial charge in [0.2, 0.25) is 0 Å². The number of hydrogen-bond acceptors (Lipinski definition) is 4. The molecule has 3 heterocycles. The highest BCUT2D eigenvalue weighted by molar-refractivity contribution is 9.10. The Labute approximate surface area is 148 Å². The first-order valence-electron chi connectivity index (χ1n) is 8.04. The van der Waals surface area contributed by atoms with Crippen LogP contribution in [0.25, 0.3) is 0 Å². The number of nitrogens with zero attached hydrogens (tertiary/aromatic N) is 2. The van der Waals surface area contributed by atoms with Gasteiger partial charge in [-0.15, -0.1) is 0 Å². The van der Waals surface area contributed by atoms with Crippen LogP contribution < -0.4 is 0 Å². The summed E-state index contributed by atoms with van der Waals surface area (Å²) in [6.07, 6.45) is 3.54. The molecule has 1 fully saturated rings. The molecule has 2 aromatic rings. The number of furan rings is 1. The molecular formula is C18H17BrN2O3. The molecule has 2 aliphatic heterocycles. The fourth-order valence-electron chi connectivity index (χ4n) is 3.15. The Morgan fingerprint density at radius 3 is 2.75 bits per heavy atom. The molecule has 0 bridgehead atoms. The van der Waals surface area contributed by atoms with E-state index in [0.29, 0.717) is 13.0 Å². The lowest BCUT2D eigenvalue weighted by Gasteiger charge is -2.22. The van der Waals surface area contributed by atoms with Crippen LogP contribution in [0.4, 0.5) is 0 Å². The first kappa shape index (κ1) is 15.6. The number of amides is 1. The molecule has 4 rings (SSSR count). The number of benzene rings is 1. The van der Waals surface area contributed by atoms with E-state index >= 15 is 0 Å². The van der Waals surface area contributed by atoms with Crippen molar-refractivity contribution in [3.05, 3.63) is 58.5 Å². The Balaban J connectivity index is 1.65. The summed E-state index contributed by atoms with van der Waals surface area (Å²) in [5.41, 5.74) is 1.90. The zero-order valence-electron chi connectivity index (χ0n) is 13.0. The summed E-state index contributed by atoms with van der Waals surface area (Å²) in [6, 6.07) is 11.5. The number of halogens is 1. The summed E-state index contributed by atoms with van der Waals surface area (Å²) in [7, 11) is 0. The normalized spacial score (nSPS) is 23.5. The van der Waals surface area contributed by atoms with Crippen LogP contribution in [0.2, 0.25) is 0 Å². The Morgan fingerprint density at radius 2 is 2.08 bits per heavy atom. The van der Waals surface area contributed by atoms with Gasteiger partial charge in [0.25, 0.3) is 5.91 Å². The lowest BCUT2D eigenvalue weighted by molar-refractivity contribution is -0.143. The maximum Gasteiger partial charge on any atom is 0.272 e. The maximum atomic E-state index is 12.8. The van der Waals surface area contributed by atoms with E-state index in [1.54, 1.807) is 11.3 Å². The summed E-state index contributed by atoms with van der Waals surface area (Å²) in [4.78, 5) is 12.8. The molecule has 1 aromatic heterocycles. The van der Waals surface area contributed by atoms with Crippen molar-refractivity contribution in [2.24, 2.45) is 5.10 Å². The van der Waals surface area contributed by atoms with Crippen molar-refractivity contribution in [2.45, 2.75) is 31.4 Å². The van der Waals surface area contributed by atoms with Crippen molar-refractivity contribution in [2.75, 3.05) is 6.61 Å². The van der Waals surface area contributed by atoms with E-state index in [-0.39, 0.29) is 11.9 Å². The number of hydrazone groups is 1. The topological polar surface area (TPSA) is 55.0 Å². The van der Waals surface area contributed by atoms with Gasteiger partial charge in [-0.3, -0.25) is 4.79 Å². The fraction of sp³-hybridized carbons (Fsp3) is 0.333. The third kappa shape index (κ3) is 2.91. The van der Waals surface area contributed by atoms with Crippen LogP contribution in [0.3, 0.4) is 0 Å². The van der Waals surface area contributed by atoms with Crippen molar-refractivity contribution >= 4 is 27.5 Å². The van der Waals surface area contributed by atoms with Crippen molar-refractivity contribution < 1.29 is 13.9 Å². The van der Waals surface area contributed by atoms with Crippen LogP contribution >= 0.6 is 15.9 Å². The lowest BCUT2D eigenvalue weighted by Crippen LogP contribution is -2.35. The molecule has 1 aromatic carbocycles. The van der Waals surface area contributed by atoms with E-state index in [4.69, 9.17) is 9.15 Å². The Bertz CT molecular complexity index is 749. The third-order valence-electron chi connectivity index (χ3n) is 4.39. The standard InChI is InChI=1S/C18H17BrN2O3/c19-13-7-5-12(6-8-13)14-11-15(16-3-1-9-23-16)21(20-14)18(22)17-4-2-10-24-17/h1,3,5-9,15,17H,2,4,10-11H2/t15-,17-/m0/s1. The summed E-state index contributed by atoms with van der Waals surface area (Å²) in [5, 5.41) is 6.16. The van der Waals surface area contributed by atoms with Crippen LogP contribution in [0.5, 0.6) is 0 Å². The molecule has 0 unspecified atom stereocenters. The number of carbonyl (C=O) groups is 1. The largest absolute Gasteiger partial charge is 0.467 e. The minimum atomic E-state index is -0.393. The molecule has 0 aliphatic carbocycles. The maximum absolute atomic E-state index is 12.8. The molecule has 124 valence electrons. The van der Waals surface area contributed by atoms with Gasteiger partial charge in [-0.25, -0.2) is 5.01 Å². The van der Waals surface area contributed by atoms with E-state index in [9.17, 15) is 4.79 Å². The van der Waals surface area contributed by atoms with Crippen LogP contribution in [-0.4, -0.2) is 29.3 Å². The monoisotopic (exact) mass is 388 g/mol. The minimum absolute atomic E-state index is 0.0824. The zero-order chi connectivity index (χ0) is 16.5. The van der Waals surface area contributed by atoms with Gasteiger partial charge in [0.15, 0.2) is 0 Å². The van der Waals surface area contributed by atoms with E-state index in [1.807, 2.05) is 36.4 Å². The molecule has 1 amide bonds. The lowest BCUT2D eigenvalue weighted by atomic mass is 10.0. The summed E-state index contributed by atoms with van der Waals surface area (Å²) >= 11 is 3.44. The SMILES string of the molecule is O=C([C@@H]1CCCO1)N1N=C(c2ccc(Br)cc2)C[C@H]1c1ccco1. The van der Waals surface area contributed by atoms with Crippen LogP contribution in [0, 0.1) is 0 Å². The van der Waals surface area contributed by atoms with Gasteiger partial charge in [0.05, 0.1) is 12.0 Å². The molecule has 0 N–H and O–H groups in total. The number of hydrogen-bond donors (Lipinski definition) is 0. The van der Waals surface area contributed by atoms with E-state index < -0.39 is 6.10 Å². The first-order valence-corrected chi connectivity index (χ1v) is 8.83. The van der Waals surface area contributed by atoms with Gasteiger partial charge in [-0.1, -0.05) is 28.1 Å². The minimum Gasteiger partial charge on any atom is -0.467 e. The fourth-order valence-corrected chi connectivity index (χ4v) is 3.42. The second-order valence-corrected chi connectivity index (χ2v) is 6.89. The molecule has 2 aliphatic rings. The quantitative estimate of drug-likeness (QED) is 0.800. The predicted octanol–water partition coefficient (Wildman–Crippen LogP) is 3.90. The summed E-state index contributed by atoms with van der Waals surface area (Å²) in [6.45, 7) is 0.638. The Morgan fingerprint density at radius 1 is 1.25 bits per heavy atom. The second kappa shape index (κ2) is 6.53. The van der Waals surface area contributed by atoms with Crippen LogP contribution in [-0.2, 0) is 9.53 Å². The molecular weight excluding hydrogens is 372 g/mol. The van der Waals surface area contributed by atoms with Gasteiger partial charge in [0.1, 0.15) is 17.9 Å². The van der Waals surface area contributed by atoms with Gasteiger partial charge in [-0.05, 0) is 42.7 Å². The third-order valence-corrected chi connectivity index (χ3v) is 4.92. The summed E-state index contributed by atoms with van der Waals surface area (Å²) in [5.74, 6) is 0.665. The molecule has 6 heteroatoms. The zero-order valence-corrected chi connectivity index (χ0v) is 14.6. The average molecular weight is 389 g/mol. The van der Waals surface area contributed by atoms with E-state index in [1.165, 1.54) is 0 Å². The van der Waals surface area contributed by atoms with Crippen molar-refractivity contribution in [1.82, 2.24) is 5.01 Å². The van der Waals surface area contributed by atoms with Crippen LogP contribution in [0.15, 0.2) is 56.7 Å².